The molecule has 7 nitrogen and oxygen atoms in total. The van der Waals surface area contributed by atoms with Crippen LogP contribution in [0.15, 0.2) is 21.9 Å². The number of carbonyl (C=O) groups excluding carboxylic acids is 2. The molecule has 2 aromatic heterocycles. The Morgan fingerprint density at radius 1 is 1.35 bits per heavy atom. The first-order chi connectivity index (χ1) is 11.1. The number of aromatic nitrogens is 2. The highest BCUT2D eigenvalue weighted by Crippen LogP contribution is 2.31. The van der Waals surface area contributed by atoms with Crippen LogP contribution in [0.4, 0.5) is 14.9 Å². The second kappa shape index (κ2) is 8.85. The summed E-state index contributed by atoms with van der Waals surface area (Å²) in [6.45, 7) is 4.03. The number of ether oxygens (including phenoxy) is 1. The van der Waals surface area contributed by atoms with Gasteiger partial charge in [0.15, 0.2) is 4.34 Å². The van der Waals surface area contributed by atoms with E-state index in [1.807, 2.05) is 18.4 Å². The molecule has 0 bridgehead atoms. The number of carbonyl (C=O) groups is 2. The molecule has 0 aliphatic heterocycles. The lowest BCUT2D eigenvalue weighted by molar-refractivity contribution is -0.142. The fourth-order valence-corrected chi connectivity index (χ4v) is 4.08. The van der Waals surface area contributed by atoms with Gasteiger partial charge in [0.2, 0.25) is 5.13 Å². The Balaban J connectivity index is 1.89. The monoisotopic (exact) mass is 372 g/mol. The van der Waals surface area contributed by atoms with Crippen LogP contribution in [0.5, 0.6) is 0 Å². The van der Waals surface area contributed by atoms with Crippen molar-refractivity contribution in [2.45, 2.75) is 29.9 Å². The maximum absolute atomic E-state index is 11.8. The zero-order chi connectivity index (χ0) is 16.7. The van der Waals surface area contributed by atoms with Gasteiger partial charge in [0.1, 0.15) is 5.25 Å². The highest BCUT2D eigenvalue weighted by molar-refractivity contribution is 8.02. The number of hydrogen-bond acceptors (Lipinski definition) is 8. The molecule has 2 amide bonds. The van der Waals surface area contributed by atoms with Crippen molar-refractivity contribution in [2.75, 3.05) is 17.2 Å². The summed E-state index contributed by atoms with van der Waals surface area (Å²) in [7, 11) is 0. The highest BCUT2D eigenvalue weighted by Gasteiger charge is 2.21. The molecule has 2 heterocycles. The van der Waals surface area contributed by atoms with Crippen molar-refractivity contribution in [3.05, 3.63) is 17.5 Å². The van der Waals surface area contributed by atoms with Gasteiger partial charge in [0.05, 0.1) is 11.6 Å². The van der Waals surface area contributed by atoms with E-state index in [-0.39, 0.29) is 17.3 Å². The Morgan fingerprint density at radius 2 is 2.17 bits per heavy atom. The lowest BCUT2D eigenvalue weighted by Crippen LogP contribution is -2.19. The van der Waals surface area contributed by atoms with Gasteiger partial charge in [-0.2, -0.15) is 0 Å². The van der Waals surface area contributed by atoms with Crippen molar-refractivity contribution in [3.8, 4) is 0 Å². The third-order valence-electron chi connectivity index (χ3n) is 2.55. The topological polar surface area (TPSA) is 93.2 Å². The molecule has 2 N–H and O–H groups in total. The summed E-state index contributed by atoms with van der Waals surface area (Å²) >= 11 is 3.93. The predicted octanol–water partition coefficient (Wildman–Crippen LogP) is 3.68. The number of thioether (sulfide) groups is 1. The summed E-state index contributed by atoms with van der Waals surface area (Å²) in [6, 6.07) is 3.27. The normalized spacial score (nSPS) is 11.7. The fourth-order valence-electron chi connectivity index (χ4n) is 1.55. The van der Waals surface area contributed by atoms with E-state index in [1.165, 1.54) is 34.4 Å². The molecular weight excluding hydrogens is 356 g/mol. The second-order valence-corrected chi connectivity index (χ2v) is 7.57. The number of nitrogens with one attached hydrogen (secondary N) is 2. The van der Waals surface area contributed by atoms with Gasteiger partial charge >= 0.3 is 12.0 Å². The molecule has 0 aliphatic rings. The zero-order valence-electron chi connectivity index (χ0n) is 12.6. The summed E-state index contributed by atoms with van der Waals surface area (Å²) < 4.78 is 5.62. The molecule has 0 saturated heterocycles. The number of thiophene rings is 1. The van der Waals surface area contributed by atoms with Crippen molar-refractivity contribution in [3.63, 3.8) is 0 Å². The molecule has 2 aromatic rings. The minimum Gasteiger partial charge on any atom is -0.465 e. The Hall–Kier alpha value is -1.65. The molecule has 0 fully saturated rings. The molecule has 0 saturated carbocycles. The van der Waals surface area contributed by atoms with E-state index in [1.54, 1.807) is 13.0 Å². The van der Waals surface area contributed by atoms with Crippen LogP contribution >= 0.6 is 34.4 Å². The first-order valence-corrected chi connectivity index (χ1v) is 9.48. The largest absolute Gasteiger partial charge is 0.465 e. The van der Waals surface area contributed by atoms with Crippen LogP contribution < -0.4 is 10.6 Å². The van der Waals surface area contributed by atoms with E-state index in [4.69, 9.17) is 4.74 Å². The Morgan fingerprint density at radius 3 is 2.83 bits per heavy atom. The van der Waals surface area contributed by atoms with Crippen molar-refractivity contribution < 1.29 is 14.3 Å². The Kier molecular flexibility index (Phi) is 6.81. The number of rotatable bonds is 7. The van der Waals surface area contributed by atoms with Gasteiger partial charge in [-0.05, 0) is 30.9 Å². The maximum Gasteiger partial charge on any atom is 0.326 e. The molecule has 0 spiro atoms. The number of nitrogens with zero attached hydrogens (tertiary/aromatic N) is 2. The predicted molar refractivity (Wildman–Crippen MR) is 93.4 cm³/mol. The summed E-state index contributed by atoms with van der Waals surface area (Å²) in [5, 5.41) is 15.9. The van der Waals surface area contributed by atoms with Crippen LogP contribution in [0.3, 0.4) is 0 Å². The van der Waals surface area contributed by atoms with Crippen LogP contribution in [0.2, 0.25) is 0 Å². The van der Waals surface area contributed by atoms with Crippen molar-refractivity contribution in [2.24, 2.45) is 0 Å². The van der Waals surface area contributed by atoms with E-state index < -0.39 is 0 Å². The van der Waals surface area contributed by atoms with E-state index in [0.717, 1.165) is 5.00 Å². The smallest absolute Gasteiger partial charge is 0.326 e. The number of anilines is 2. The number of hydrogen-bond donors (Lipinski definition) is 2. The van der Waals surface area contributed by atoms with E-state index >= 15 is 0 Å². The van der Waals surface area contributed by atoms with Gasteiger partial charge in [0.25, 0.3) is 0 Å². The maximum atomic E-state index is 11.8. The van der Waals surface area contributed by atoms with Gasteiger partial charge in [-0.1, -0.05) is 30.0 Å². The minimum atomic E-state index is -0.377. The molecule has 0 aromatic carbocycles. The summed E-state index contributed by atoms with van der Waals surface area (Å²) in [6.07, 6.45) is 0.630. The second-order valence-electron chi connectivity index (χ2n) is 4.20. The molecule has 124 valence electrons. The van der Waals surface area contributed by atoms with Crippen LogP contribution in [-0.4, -0.2) is 34.1 Å². The number of amides is 2. The average Bonchev–Trinajstić information content (AvgIpc) is 3.17. The fraction of sp³-hybridized carbons (Fsp3) is 0.385. The van der Waals surface area contributed by atoms with Gasteiger partial charge in [-0.3, -0.25) is 15.4 Å². The lowest BCUT2D eigenvalue weighted by atomic mass is 10.3. The van der Waals surface area contributed by atoms with Crippen molar-refractivity contribution in [1.29, 1.82) is 0 Å². The van der Waals surface area contributed by atoms with Gasteiger partial charge < -0.3 is 4.74 Å². The van der Waals surface area contributed by atoms with Crippen LogP contribution in [0, 0.1) is 0 Å². The van der Waals surface area contributed by atoms with Crippen LogP contribution in [0.1, 0.15) is 20.3 Å². The summed E-state index contributed by atoms with van der Waals surface area (Å²) in [5.74, 6) is -0.264. The third kappa shape index (κ3) is 5.48. The van der Waals surface area contributed by atoms with Gasteiger partial charge in [-0.25, -0.2) is 4.79 Å². The molecule has 1 atom stereocenters. The molecule has 0 aliphatic carbocycles. The van der Waals surface area contributed by atoms with Crippen molar-refractivity contribution in [1.82, 2.24) is 10.2 Å². The molecule has 10 heteroatoms. The summed E-state index contributed by atoms with van der Waals surface area (Å²) in [5.41, 5.74) is 0. The van der Waals surface area contributed by atoms with Crippen molar-refractivity contribution >= 4 is 56.6 Å². The molecule has 0 radical (unpaired) electrons. The Bertz CT molecular complexity index is 645. The van der Waals surface area contributed by atoms with E-state index in [0.29, 0.717) is 22.5 Å². The van der Waals surface area contributed by atoms with Crippen LogP contribution in [-0.2, 0) is 9.53 Å². The van der Waals surface area contributed by atoms with E-state index in [2.05, 4.69) is 20.8 Å². The summed E-state index contributed by atoms with van der Waals surface area (Å²) in [4.78, 5) is 23.6. The number of urea groups is 1. The van der Waals surface area contributed by atoms with Gasteiger partial charge in [0, 0.05) is 0 Å². The van der Waals surface area contributed by atoms with Gasteiger partial charge in [-0.15, -0.1) is 21.5 Å². The zero-order valence-corrected chi connectivity index (χ0v) is 15.0. The minimum absolute atomic E-state index is 0.264. The average molecular weight is 372 g/mol. The lowest BCUT2D eigenvalue weighted by Gasteiger charge is -2.10. The standard InChI is InChI=1S/C13H16N4O3S3/c1-3-8(10(18)20-4-2)22-13-17-16-12(23-13)15-11(19)14-9-6-5-7-21-9/h5-8H,3-4H2,1-2H3,(H2,14,15,16,19)/t8-/m1/s1. The first kappa shape index (κ1) is 17.7. The quantitative estimate of drug-likeness (QED) is 0.437. The highest BCUT2D eigenvalue weighted by atomic mass is 32.2. The Labute approximate surface area is 145 Å². The SMILES string of the molecule is CCOC(=O)[C@@H](CC)Sc1nnc(NC(=O)Nc2cccs2)s1. The molecular formula is C13H16N4O3S3. The van der Waals surface area contributed by atoms with Crippen LogP contribution in [0.25, 0.3) is 0 Å². The molecule has 23 heavy (non-hydrogen) atoms. The molecule has 0 unspecified atom stereocenters. The van der Waals surface area contributed by atoms with E-state index in [9.17, 15) is 9.59 Å². The number of esters is 1. The molecule has 2 rings (SSSR count). The first-order valence-electron chi connectivity index (χ1n) is 6.90. The third-order valence-corrected chi connectivity index (χ3v) is 5.60.